The number of anilines is 1. The highest BCUT2D eigenvalue weighted by Crippen LogP contribution is 2.31. The molecule has 0 aliphatic rings. The second-order valence-electron chi connectivity index (χ2n) is 7.60. The third kappa shape index (κ3) is 4.41. The van der Waals surface area contributed by atoms with Gasteiger partial charge >= 0.3 is 0 Å². The van der Waals surface area contributed by atoms with Crippen LogP contribution in [-0.4, -0.2) is 15.9 Å². The summed E-state index contributed by atoms with van der Waals surface area (Å²) < 4.78 is 1.11. The first-order valence-corrected chi connectivity index (χ1v) is 11.0. The second-order valence-corrected chi connectivity index (χ2v) is 8.61. The highest BCUT2D eigenvalue weighted by Gasteiger charge is 2.21. The maximum atomic E-state index is 13.4. The lowest BCUT2D eigenvalue weighted by molar-refractivity contribution is -0.118. The molecule has 2 aromatic heterocycles. The van der Waals surface area contributed by atoms with Crippen LogP contribution in [0.15, 0.2) is 60.9 Å². The number of pyridine rings is 1. The minimum atomic E-state index is 0.0422. The average Bonchev–Trinajstić information content (AvgIpc) is 3.17. The summed E-state index contributed by atoms with van der Waals surface area (Å²) in [5, 5.41) is 0.733. The van der Waals surface area contributed by atoms with Crippen LogP contribution in [0.4, 0.5) is 5.13 Å². The molecular weight excluding hydrogens is 390 g/mol. The van der Waals surface area contributed by atoms with Crippen molar-refractivity contribution >= 4 is 32.6 Å². The molecule has 2 aromatic carbocycles. The quantitative estimate of drug-likeness (QED) is 0.409. The van der Waals surface area contributed by atoms with Crippen molar-refractivity contribution in [3.8, 4) is 0 Å². The van der Waals surface area contributed by atoms with E-state index in [-0.39, 0.29) is 5.91 Å². The molecule has 4 aromatic rings. The number of aromatic nitrogens is 2. The van der Waals surface area contributed by atoms with Gasteiger partial charge in [0.15, 0.2) is 5.13 Å². The predicted octanol–water partition coefficient (Wildman–Crippen LogP) is 5.65. The van der Waals surface area contributed by atoms with Gasteiger partial charge < -0.3 is 0 Å². The summed E-state index contributed by atoms with van der Waals surface area (Å²) in [6.45, 7) is 6.73. The van der Waals surface area contributed by atoms with Crippen LogP contribution in [0.2, 0.25) is 0 Å². The summed E-state index contributed by atoms with van der Waals surface area (Å²) in [6.07, 6.45) is 4.88. The van der Waals surface area contributed by atoms with Crippen LogP contribution < -0.4 is 4.90 Å². The molecular formula is C25H25N3OS. The van der Waals surface area contributed by atoms with E-state index in [2.05, 4.69) is 56.1 Å². The fourth-order valence-corrected chi connectivity index (χ4v) is 4.58. The lowest BCUT2D eigenvalue weighted by Crippen LogP contribution is -2.32. The maximum absolute atomic E-state index is 13.4. The molecule has 0 saturated carbocycles. The van der Waals surface area contributed by atoms with Gasteiger partial charge in [-0.05, 0) is 60.7 Å². The Balaban J connectivity index is 1.69. The van der Waals surface area contributed by atoms with Crippen molar-refractivity contribution < 1.29 is 4.79 Å². The van der Waals surface area contributed by atoms with Gasteiger partial charge in [0.1, 0.15) is 0 Å². The van der Waals surface area contributed by atoms with Crippen LogP contribution in [0.25, 0.3) is 10.2 Å². The number of carbonyl (C=O) groups is 1. The fraction of sp³-hybridized carbons (Fsp3) is 0.240. The van der Waals surface area contributed by atoms with E-state index in [9.17, 15) is 4.79 Å². The number of rotatable bonds is 6. The second kappa shape index (κ2) is 8.76. The summed E-state index contributed by atoms with van der Waals surface area (Å²) in [4.78, 5) is 24.2. The Labute approximate surface area is 181 Å². The minimum absolute atomic E-state index is 0.0422. The van der Waals surface area contributed by atoms with E-state index in [1.807, 2.05) is 18.2 Å². The van der Waals surface area contributed by atoms with Crippen molar-refractivity contribution in [3.63, 3.8) is 0 Å². The van der Waals surface area contributed by atoms with Gasteiger partial charge in [-0.25, -0.2) is 4.98 Å². The molecule has 0 radical (unpaired) electrons. The molecule has 4 nitrogen and oxygen atoms in total. The standard InChI is InChI=1S/C25H25N3OS/c1-4-19-8-10-22-23(13-19)30-25(27-22)28(16-20-6-5-11-26-15-20)24(29)14-21-9-7-17(2)12-18(21)3/h5-13,15H,4,14,16H2,1-3H3. The number of hydrogen-bond donors (Lipinski definition) is 0. The van der Waals surface area contributed by atoms with Crippen molar-refractivity contribution in [2.75, 3.05) is 4.90 Å². The molecule has 2 heterocycles. The van der Waals surface area contributed by atoms with Crippen LogP contribution in [0.5, 0.6) is 0 Å². The Morgan fingerprint density at radius 1 is 1.07 bits per heavy atom. The molecule has 0 atom stereocenters. The monoisotopic (exact) mass is 415 g/mol. The number of nitrogens with zero attached hydrogens (tertiary/aromatic N) is 3. The highest BCUT2D eigenvalue weighted by atomic mass is 32.1. The molecule has 30 heavy (non-hydrogen) atoms. The van der Waals surface area contributed by atoms with Crippen molar-refractivity contribution in [1.29, 1.82) is 0 Å². The molecule has 0 spiro atoms. The van der Waals surface area contributed by atoms with Crippen molar-refractivity contribution in [1.82, 2.24) is 9.97 Å². The molecule has 0 N–H and O–H groups in total. The minimum Gasteiger partial charge on any atom is -0.283 e. The molecule has 0 aliphatic heterocycles. The lowest BCUT2D eigenvalue weighted by atomic mass is 10.0. The molecule has 0 bridgehead atoms. The van der Waals surface area contributed by atoms with Crippen LogP contribution in [0.3, 0.4) is 0 Å². The van der Waals surface area contributed by atoms with Crippen LogP contribution in [0, 0.1) is 13.8 Å². The van der Waals surface area contributed by atoms with Gasteiger partial charge in [0.2, 0.25) is 5.91 Å². The molecule has 152 valence electrons. The Hall–Kier alpha value is -3.05. The summed E-state index contributed by atoms with van der Waals surface area (Å²) in [5.41, 5.74) is 6.59. The van der Waals surface area contributed by atoms with Crippen LogP contribution in [-0.2, 0) is 24.2 Å². The summed E-state index contributed by atoms with van der Waals surface area (Å²) >= 11 is 1.57. The Morgan fingerprint density at radius 3 is 2.67 bits per heavy atom. The third-order valence-electron chi connectivity index (χ3n) is 5.29. The SMILES string of the molecule is CCc1ccc2nc(N(Cc3cccnc3)C(=O)Cc3ccc(C)cc3C)sc2c1. The van der Waals surface area contributed by atoms with E-state index in [1.165, 1.54) is 11.1 Å². The highest BCUT2D eigenvalue weighted by molar-refractivity contribution is 7.22. The van der Waals surface area contributed by atoms with Gasteiger partial charge in [-0.3, -0.25) is 14.7 Å². The number of benzene rings is 2. The number of thiazole rings is 1. The van der Waals surface area contributed by atoms with Gasteiger partial charge in [-0.15, -0.1) is 0 Å². The Bertz CT molecular complexity index is 1180. The number of fused-ring (bicyclic) bond motifs is 1. The van der Waals surface area contributed by atoms with Gasteiger partial charge in [-0.2, -0.15) is 0 Å². The number of carbonyl (C=O) groups excluding carboxylic acids is 1. The first-order valence-electron chi connectivity index (χ1n) is 10.2. The Kier molecular flexibility index (Phi) is 5.91. The average molecular weight is 416 g/mol. The molecule has 0 saturated heterocycles. The molecule has 0 aliphatic carbocycles. The zero-order chi connectivity index (χ0) is 21.1. The first kappa shape index (κ1) is 20.2. The smallest absolute Gasteiger partial charge is 0.233 e. The van der Waals surface area contributed by atoms with Crippen LogP contribution >= 0.6 is 11.3 Å². The van der Waals surface area contributed by atoms with E-state index in [1.54, 1.807) is 28.6 Å². The zero-order valence-corrected chi connectivity index (χ0v) is 18.4. The van der Waals surface area contributed by atoms with E-state index >= 15 is 0 Å². The molecule has 0 unspecified atom stereocenters. The summed E-state index contributed by atoms with van der Waals surface area (Å²) in [7, 11) is 0. The largest absolute Gasteiger partial charge is 0.283 e. The van der Waals surface area contributed by atoms with Gasteiger partial charge in [0.05, 0.1) is 23.2 Å². The first-order chi connectivity index (χ1) is 14.5. The van der Waals surface area contributed by atoms with Gasteiger partial charge in [0, 0.05) is 12.4 Å². The summed E-state index contributed by atoms with van der Waals surface area (Å²) in [6, 6.07) is 16.5. The molecule has 4 rings (SSSR count). The topological polar surface area (TPSA) is 46.1 Å². The van der Waals surface area contributed by atoms with Crippen molar-refractivity contribution in [2.24, 2.45) is 0 Å². The van der Waals surface area contributed by atoms with E-state index in [0.717, 1.165) is 38.5 Å². The number of hydrogen-bond acceptors (Lipinski definition) is 4. The molecule has 5 heteroatoms. The number of aryl methyl sites for hydroxylation is 3. The predicted molar refractivity (Wildman–Crippen MR) is 124 cm³/mol. The fourth-order valence-electron chi connectivity index (χ4n) is 3.53. The van der Waals surface area contributed by atoms with Crippen molar-refractivity contribution in [3.05, 3.63) is 88.7 Å². The third-order valence-corrected chi connectivity index (χ3v) is 6.33. The Morgan fingerprint density at radius 2 is 1.93 bits per heavy atom. The van der Waals surface area contributed by atoms with E-state index in [0.29, 0.717) is 13.0 Å². The lowest BCUT2D eigenvalue weighted by Gasteiger charge is -2.20. The molecule has 0 fully saturated rings. The number of amides is 1. The maximum Gasteiger partial charge on any atom is 0.233 e. The van der Waals surface area contributed by atoms with Crippen LogP contribution in [0.1, 0.15) is 34.7 Å². The van der Waals surface area contributed by atoms with Crippen molar-refractivity contribution in [2.45, 2.75) is 40.2 Å². The van der Waals surface area contributed by atoms with E-state index in [4.69, 9.17) is 4.98 Å². The summed E-state index contributed by atoms with van der Waals surface area (Å²) in [5.74, 6) is 0.0422. The van der Waals surface area contributed by atoms with Gasteiger partial charge in [0.25, 0.3) is 0 Å². The molecule has 1 amide bonds. The van der Waals surface area contributed by atoms with E-state index < -0.39 is 0 Å². The van der Waals surface area contributed by atoms with Gasteiger partial charge in [-0.1, -0.05) is 54.2 Å². The zero-order valence-electron chi connectivity index (χ0n) is 17.6. The normalized spacial score (nSPS) is 11.0.